The fraction of sp³-hybridized carbons (Fsp3) is 0.0625. The predicted octanol–water partition coefficient (Wildman–Crippen LogP) is 4.23. The summed E-state index contributed by atoms with van der Waals surface area (Å²) in [6, 6.07) is 14.2. The van der Waals surface area contributed by atoms with Crippen molar-refractivity contribution in [2.75, 3.05) is 0 Å². The highest BCUT2D eigenvalue weighted by Gasteiger charge is 2.11. The maximum absolute atomic E-state index is 4.80. The summed E-state index contributed by atoms with van der Waals surface area (Å²) in [5.74, 6) is 0. The van der Waals surface area contributed by atoms with E-state index in [0.29, 0.717) is 0 Å². The number of nitrogens with zero attached hydrogens (tertiary/aromatic N) is 3. The lowest BCUT2D eigenvalue weighted by Gasteiger charge is -2.07. The first-order chi connectivity index (χ1) is 10.3. The molecular weight excluding hydrogens is 282 g/mol. The molecule has 5 heteroatoms. The first-order valence-electron chi connectivity index (χ1n) is 6.56. The van der Waals surface area contributed by atoms with E-state index in [0.717, 1.165) is 37.3 Å². The van der Waals surface area contributed by atoms with Crippen LogP contribution < -0.4 is 0 Å². The Morgan fingerprint density at radius 3 is 2.76 bits per heavy atom. The molecule has 0 aliphatic heterocycles. The molecule has 4 rings (SSSR count). The molecule has 2 heterocycles. The van der Waals surface area contributed by atoms with Gasteiger partial charge in [-0.25, -0.2) is 4.63 Å². The number of rotatable bonds is 2. The van der Waals surface area contributed by atoms with Crippen molar-refractivity contribution in [3.8, 4) is 0 Å². The van der Waals surface area contributed by atoms with E-state index in [-0.39, 0.29) is 0 Å². The van der Waals surface area contributed by atoms with Gasteiger partial charge in [0.25, 0.3) is 0 Å². The van der Waals surface area contributed by atoms with Crippen LogP contribution in [-0.2, 0) is 0 Å². The van der Waals surface area contributed by atoms with Gasteiger partial charge in [0.1, 0.15) is 11.0 Å². The van der Waals surface area contributed by atoms with Crippen molar-refractivity contribution in [2.24, 2.45) is 0 Å². The number of pyridine rings is 1. The molecule has 0 N–H and O–H groups in total. The van der Waals surface area contributed by atoms with Crippen LogP contribution >= 0.6 is 11.8 Å². The van der Waals surface area contributed by atoms with Crippen molar-refractivity contribution in [2.45, 2.75) is 16.7 Å². The van der Waals surface area contributed by atoms with E-state index in [1.165, 1.54) is 0 Å². The van der Waals surface area contributed by atoms with Crippen LogP contribution in [-0.4, -0.2) is 15.3 Å². The molecule has 0 amide bonds. The molecule has 0 aliphatic rings. The normalized spacial score (nSPS) is 11.3. The van der Waals surface area contributed by atoms with Gasteiger partial charge in [0.2, 0.25) is 0 Å². The van der Waals surface area contributed by atoms with Crippen molar-refractivity contribution in [3.63, 3.8) is 0 Å². The summed E-state index contributed by atoms with van der Waals surface area (Å²) in [5, 5.41) is 8.98. The third-order valence-electron chi connectivity index (χ3n) is 3.45. The highest BCUT2D eigenvalue weighted by atomic mass is 32.2. The van der Waals surface area contributed by atoms with Crippen LogP contribution in [0.5, 0.6) is 0 Å². The maximum atomic E-state index is 4.80. The lowest BCUT2D eigenvalue weighted by atomic mass is 10.2. The highest BCUT2D eigenvalue weighted by molar-refractivity contribution is 7.99. The van der Waals surface area contributed by atoms with E-state index in [4.69, 9.17) is 4.63 Å². The standard InChI is InChI=1S/C16H11N3OS/c1-10-13(8-7-12-15(10)19-20-18-12)21-14-6-2-4-11-5-3-9-17-16(11)14/h2-9H,1H3. The van der Waals surface area contributed by atoms with Gasteiger partial charge in [0, 0.05) is 21.4 Å². The predicted molar refractivity (Wildman–Crippen MR) is 82.4 cm³/mol. The Labute approximate surface area is 125 Å². The maximum Gasteiger partial charge on any atom is 0.139 e. The first-order valence-corrected chi connectivity index (χ1v) is 7.38. The average molecular weight is 293 g/mol. The van der Waals surface area contributed by atoms with Gasteiger partial charge >= 0.3 is 0 Å². The summed E-state index contributed by atoms with van der Waals surface area (Å²) >= 11 is 1.69. The van der Waals surface area contributed by atoms with E-state index in [2.05, 4.69) is 39.6 Å². The highest BCUT2D eigenvalue weighted by Crippen LogP contribution is 2.36. The molecule has 0 aliphatic carbocycles. The van der Waals surface area contributed by atoms with E-state index in [9.17, 15) is 0 Å². The zero-order valence-corrected chi connectivity index (χ0v) is 12.1. The van der Waals surface area contributed by atoms with Gasteiger partial charge in [-0.05, 0) is 47.1 Å². The van der Waals surface area contributed by atoms with Crippen molar-refractivity contribution in [1.82, 2.24) is 15.3 Å². The lowest BCUT2D eigenvalue weighted by Crippen LogP contribution is -1.85. The first kappa shape index (κ1) is 12.3. The Balaban J connectivity index is 1.84. The molecule has 4 aromatic rings. The molecule has 0 unspecified atom stereocenters. The number of hydrogen-bond donors (Lipinski definition) is 0. The second kappa shape index (κ2) is 4.86. The van der Waals surface area contributed by atoms with E-state index < -0.39 is 0 Å². The van der Waals surface area contributed by atoms with Crippen LogP contribution in [0.25, 0.3) is 21.9 Å². The summed E-state index contributed by atoms with van der Waals surface area (Å²) in [7, 11) is 0. The minimum atomic E-state index is 0.785. The Hall–Kier alpha value is -2.40. The molecule has 0 radical (unpaired) electrons. The second-order valence-corrected chi connectivity index (χ2v) is 5.84. The Kier molecular flexibility index (Phi) is 2.86. The molecule has 0 spiro atoms. The zero-order valence-electron chi connectivity index (χ0n) is 11.3. The van der Waals surface area contributed by atoms with E-state index in [1.54, 1.807) is 11.8 Å². The van der Waals surface area contributed by atoms with Crippen LogP contribution in [0.15, 0.2) is 63.1 Å². The molecular formula is C16H11N3OS. The average Bonchev–Trinajstić information content (AvgIpc) is 3.00. The summed E-state index contributed by atoms with van der Waals surface area (Å²) in [5.41, 5.74) is 3.69. The molecule has 0 fully saturated rings. The van der Waals surface area contributed by atoms with Gasteiger partial charge < -0.3 is 0 Å². The molecule has 102 valence electrons. The Morgan fingerprint density at radius 1 is 0.905 bits per heavy atom. The van der Waals surface area contributed by atoms with Crippen LogP contribution in [0.2, 0.25) is 0 Å². The van der Waals surface area contributed by atoms with Crippen molar-refractivity contribution >= 4 is 33.7 Å². The number of benzene rings is 2. The van der Waals surface area contributed by atoms with Crippen LogP contribution in [0.3, 0.4) is 0 Å². The molecule has 4 nitrogen and oxygen atoms in total. The summed E-state index contributed by atoms with van der Waals surface area (Å²) < 4.78 is 4.80. The fourth-order valence-corrected chi connectivity index (χ4v) is 3.39. The fourth-order valence-electron chi connectivity index (χ4n) is 2.35. The Morgan fingerprint density at radius 2 is 1.81 bits per heavy atom. The van der Waals surface area contributed by atoms with Crippen molar-refractivity contribution < 1.29 is 4.63 Å². The largest absolute Gasteiger partial charge is 0.255 e. The number of aromatic nitrogens is 3. The second-order valence-electron chi connectivity index (χ2n) is 4.75. The number of hydrogen-bond acceptors (Lipinski definition) is 5. The van der Waals surface area contributed by atoms with Gasteiger partial charge in [-0.3, -0.25) is 4.98 Å². The molecule has 0 bridgehead atoms. The number of para-hydroxylation sites is 1. The topological polar surface area (TPSA) is 51.8 Å². The van der Waals surface area contributed by atoms with Gasteiger partial charge in [0.15, 0.2) is 0 Å². The summed E-state index contributed by atoms with van der Waals surface area (Å²) in [4.78, 5) is 6.76. The van der Waals surface area contributed by atoms with Crippen molar-refractivity contribution in [1.29, 1.82) is 0 Å². The minimum absolute atomic E-state index is 0.785. The molecule has 0 saturated heterocycles. The van der Waals surface area contributed by atoms with Crippen LogP contribution in [0.1, 0.15) is 5.56 Å². The molecule has 2 aromatic carbocycles. The summed E-state index contributed by atoms with van der Waals surface area (Å²) in [6.07, 6.45) is 1.82. The SMILES string of the molecule is Cc1c(Sc2cccc3cccnc23)ccc2nonc12. The monoisotopic (exact) mass is 293 g/mol. The van der Waals surface area contributed by atoms with Gasteiger partial charge in [0.05, 0.1) is 5.52 Å². The lowest BCUT2D eigenvalue weighted by molar-refractivity contribution is 0.315. The molecule has 0 saturated carbocycles. The van der Waals surface area contributed by atoms with Crippen molar-refractivity contribution in [3.05, 3.63) is 54.2 Å². The van der Waals surface area contributed by atoms with Crippen LogP contribution in [0.4, 0.5) is 0 Å². The quantitative estimate of drug-likeness (QED) is 0.553. The van der Waals surface area contributed by atoms with E-state index in [1.807, 2.05) is 31.3 Å². The van der Waals surface area contributed by atoms with Gasteiger partial charge in [-0.2, -0.15) is 0 Å². The van der Waals surface area contributed by atoms with Crippen LogP contribution in [0, 0.1) is 6.92 Å². The Bertz CT molecular complexity index is 943. The molecule has 2 aromatic heterocycles. The number of aryl methyl sites for hydroxylation is 1. The third-order valence-corrected chi connectivity index (χ3v) is 4.66. The van der Waals surface area contributed by atoms with Gasteiger partial charge in [-0.15, -0.1) is 0 Å². The number of fused-ring (bicyclic) bond motifs is 2. The van der Waals surface area contributed by atoms with E-state index >= 15 is 0 Å². The zero-order chi connectivity index (χ0) is 14.2. The third kappa shape index (κ3) is 2.06. The smallest absolute Gasteiger partial charge is 0.139 e. The van der Waals surface area contributed by atoms with Gasteiger partial charge in [-0.1, -0.05) is 30.0 Å². The summed E-state index contributed by atoms with van der Waals surface area (Å²) in [6.45, 7) is 2.04. The molecule has 0 atom stereocenters. The minimum Gasteiger partial charge on any atom is -0.255 e. The molecule has 21 heavy (non-hydrogen) atoms.